The predicted octanol–water partition coefficient (Wildman–Crippen LogP) is 2.50. The lowest BCUT2D eigenvalue weighted by molar-refractivity contribution is 0.249. The number of halogens is 1. The minimum Gasteiger partial charge on any atom is -0.299 e. The SMILES string of the molecule is CC(C)CN(CCBr)C1CC1. The van der Waals surface area contributed by atoms with E-state index in [1.165, 1.54) is 25.9 Å². The van der Waals surface area contributed by atoms with Gasteiger partial charge in [-0.25, -0.2) is 0 Å². The van der Waals surface area contributed by atoms with Crippen molar-refractivity contribution < 1.29 is 0 Å². The normalized spacial score (nSPS) is 18.3. The van der Waals surface area contributed by atoms with Crippen LogP contribution in [0.3, 0.4) is 0 Å². The number of hydrogen-bond acceptors (Lipinski definition) is 1. The lowest BCUT2D eigenvalue weighted by Gasteiger charge is -2.22. The van der Waals surface area contributed by atoms with Crippen molar-refractivity contribution in [3.8, 4) is 0 Å². The summed E-state index contributed by atoms with van der Waals surface area (Å²) >= 11 is 3.49. The summed E-state index contributed by atoms with van der Waals surface area (Å²) in [6.45, 7) is 7.09. The van der Waals surface area contributed by atoms with E-state index in [0.29, 0.717) is 0 Å². The van der Waals surface area contributed by atoms with Crippen LogP contribution in [0.5, 0.6) is 0 Å². The van der Waals surface area contributed by atoms with Gasteiger partial charge in [0.25, 0.3) is 0 Å². The molecule has 0 bridgehead atoms. The van der Waals surface area contributed by atoms with Crippen LogP contribution in [0.1, 0.15) is 26.7 Å². The zero-order valence-corrected chi connectivity index (χ0v) is 9.10. The summed E-state index contributed by atoms with van der Waals surface area (Å²) in [5, 5.41) is 1.12. The van der Waals surface area contributed by atoms with Crippen LogP contribution in [0.4, 0.5) is 0 Å². The quantitative estimate of drug-likeness (QED) is 0.643. The van der Waals surface area contributed by atoms with Gasteiger partial charge in [-0.15, -0.1) is 0 Å². The molecule has 0 unspecified atom stereocenters. The minimum atomic E-state index is 0.814. The monoisotopic (exact) mass is 219 g/mol. The number of alkyl halides is 1. The van der Waals surface area contributed by atoms with Gasteiger partial charge in [-0.2, -0.15) is 0 Å². The number of hydrogen-bond donors (Lipinski definition) is 0. The first-order valence-electron chi connectivity index (χ1n) is 4.54. The average Bonchev–Trinajstić information content (AvgIpc) is 2.66. The van der Waals surface area contributed by atoms with Crippen molar-refractivity contribution in [3.05, 3.63) is 0 Å². The fraction of sp³-hybridized carbons (Fsp3) is 1.00. The van der Waals surface area contributed by atoms with Gasteiger partial charge in [0, 0.05) is 24.5 Å². The van der Waals surface area contributed by atoms with E-state index in [4.69, 9.17) is 0 Å². The van der Waals surface area contributed by atoms with Crippen LogP contribution in [0.2, 0.25) is 0 Å². The van der Waals surface area contributed by atoms with E-state index >= 15 is 0 Å². The van der Waals surface area contributed by atoms with Crippen LogP contribution < -0.4 is 0 Å². The van der Waals surface area contributed by atoms with Crippen LogP contribution in [-0.2, 0) is 0 Å². The van der Waals surface area contributed by atoms with Crippen LogP contribution in [0.25, 0.3) is 0 Å². The van der Waals surface area contributed by atoms with Crippen LogP contribution >= 0.6 is 15.9 Å². The molecule has 0 atom stereocenters. The topological polar surface area (TPSA) is 3.24 Å². The third kappa shape index (κ3) is 3.57. The molecule has 0 aliphatic heterocycles. The summed E-state index contributed by atoms with van der Waals surface area (Å²) in [5.74, 6) is 0.814. The Balaban J connectivity index is 2.20. The van der Waals surface area contributed by atoms with Gasteiger partial charge in [0.15, 0.2) is 0 Å². The molecule has 1 saturated carbocycles. The zero-order chi connectivity index (χ0) is 8.27. The van der Waals surface area contributed by atoms with Crippen molar-refractivity contribution in [2.75, 3.05) is 18.4 Å². The van der Waals surface area contributed by atoms with Gasteiger partial charge < -0.3 is 0 Å². The molecule has 0 N–H and O–H groups in total. The van der Waals surface area contributed by atoms with E-state index in [9.17, 15) is 0 Å². The molecule has 66 valence electrons. The van der Waals surface area contributed by atoms with Crippen LogP contribution in [0, 0.1) is 5.92 Å². The molecule has 0 heterocycles. The lowest BCUT2D eigenvalue weighted by atomic mass is 10.2. The van der Waals surface area contributed by atoms with E-state index < -0.39 is 0 Å². The van der Waals surface area contributed by atoms with E-state index in [0.717, 1.165) is 17.3 Å². The second-order valence-electron chi connectivity index (χ2n) is 3.81. The summed E-state index contributed by atoms with van der Waals surface area (Å²) in [6.07, 6.45) is 2.86. The molecule has 1 aliphatic carbocycles. The number of rotatable bonds is 5. The van der Waals surface area contributed by atoms with Gasteiger partial charge in [-0.1, -0.05) is 29.8 Å². The second kappa shape index (κ2) is 4.46. The molecule has 11 heavy (non-hydrogen) atoms. The molecule has 0 saturated heterocycles. The van der Waals surface area contributed by atoms with Crippen LogP contribution in [-0.4, -0.2) is 29.4 Å². The second-order valence-corrected chi connectivity index (χ2v) is 4.60. The van der Waals surface area contributed by atoms with E-state index in [1.54, 1.807) is 0 Å². The summed E-state index contributed by atoms with van der Waals surface area (Å²) < 4.78 is 0. The molecular weight excluding hydrogens is 202 g/mol. The molecule has 0 radical (unpaired) electrons. The Hall–Kier alpha value is 0.440. The highest BCUT2D eigenvalue weighted by Crippen LogP contribution is 2.27. The largest absolute Gasteiger partial charge is 0.299 e. The average molecular weight is 220 g/mol. The summed E-state index contributed by atoms with van der Waals surface area (Å²) in [5.41, 5.74) is 0. The highest BCUT2D eigenvalue weighted by Gasteiger charge is 2.28. The first kappa shape index (κ1) is 9.53. The first-order chi connectivity index (χ1) is 5.24. The van der Waals surface area contributed by atoms with E-state index in [-0.39, 0.29) is 0 Å². The molecule has 0 aromatic heterocycles. The fourth-order valence-electron chi connectivity index (χ4n) is 1.44. The lowest BCUT2D eigenvalue weighted by Crippen LogP contribution is -2.31. The Kier molecular flexibility index (Phi) is 3.86. The van der Waals surface area contributed by atoms with Crippen molar-refractivity contribution in [3.63, 3.8) is 0 Å². The van der Waals surface area contributed by atoms with Crippen molar-refractivity contribution in [2.45, 2.75) is 32.7 Å². The maximum absolute atomic E-state index is 3.49. The zero-order valence-electron chi connectivity index (χ0n) is 7.52. The van der Waals surface area contributed by atoms with Crippen LogP contribution in [0.15, 0.2) is 0 Å². The Bertz CT molecular complexity index is 110. The molecule has 1 fully saturated rings. The summed E-state index contributed by atoms with van der Waals surface area (Å²) in [6, 6.07) is 0.926. The maximum Gasteiger partial charge on any atom is 0.0159 e. The molecule has 0 aromatic rings. The Morgan fingerprint density at radius 1 is 1.45 bits per heavy atom. The molecule has 0 amide bonds. The Labute approximate surface area is 78.3 Å². The van der Waals surface area contributed by atoms with E-state index in [2.05, 4.69) is 34.7 Å². The maximum atomic E-state index is 3.49. The summed E-state index contributed by atoms with van der Waals surface area (Å²) in [4.78, 5) is 2.61. The third-order valence-electron chi connectivity index (χ3n) is 2.03. The Morgan fingerprint density at radius 3 is 2.45 bits per heavy atom. The minimum absolute atomic E-state index is 0.814. The first-order valence-corrected chi connectivity index (χ1v) is 5.66. The third-order valence-corrected chi connectivity index (χ3v) is 2.39. The van der Waals surface area contributed by atoms with Gasteiger partial charge in [-0.3, -0.25) is 4.90 Å². The standard InChI is InChI=1S/C9H18BrN/c1-8(2)7-11(6-5-10)9-3-4-9/h8-9H,3-7H2,1-2H3. The molecule has 0 aromatic carbocycles. The number of nitrogens with zero attached hydrogens (tertiary/aromatic N) is 1. The molecule has 1 nitrogen and oxygen atoms in total. The van der Waals surface area contributed by atoms with E-state index in [1.807, 2.05) is 0 Å². The predicted molar refractivity (Wildman–Crippen MR) is 53.2 cm³/mol. The van der Waals surface area contributed by atoms with Crippen molar-refractivity contribution in [1.82, 2.24) is 4.90 Å². The van der Waals surface area contributed by atoms with Crippen molar-refractivity contribution in [1.29, 1.82) is 0 Å². The molecule has 2 heteroatoms. The molecule has 1 aliphatic rings. The molecule has 1 rings (SSSR count). The van der Waals surface area contributed by atoms with Gasteiger partial charge >= 0.3 is 0 Å². The van der Waals surface area contributed by atoms with Gasteiger partial charge in [0.2, 0.25) is 0 Å². The van der Waals surface area contributed by atoms with Gasteiger partial charge in [-0.05, 0) is 18.8 Å². The fourth-order valence-corrected chi connectivity index (χ4v) is 1.90. The van der Waals surface area contributed by atoms with Gasteiger partial charge in [0.1, 0.15) is 0 Å². The van der Waals surface area contributed by atoms with Crippen molar-refractivity contribution in [2.24, 2.45) is 5.92 Å². The highest BCUT2D eigenvalue weighted by atomic mass is 79.9. The summed E-state index contributed by atoms with van der Waals surface area (Å²) in [7, 11) is 0. The Morgan fingerprint density at radius 2 is 2.09 bits per heavy atom. The van der Waals surface area contributed by atoms with Gasteiger partial charge in [0.05, 0.1) is 0 Å². The van der Waals surface area contributed by atoms with Crippen molar-refractivity contribution >= 4 is 15.9 Å². The molecule has 0 spiro atoms. The highest BCUT2D eigenvalue weighted by molar-refractivity contribution is 9.09. The smallest absolute Gasteiger partial charge is 0.0159 e. The molecular formula is C9H18BrN.